The number of hydrogen-bond acceptors (Lipinski definition) is 3. The number of benzene rings is 1. The van der Waals surface area contributed by atoms with Gasteiger partial charge >= 0.3 is 0 Å². The normalized spacial score (nSPS) is 10.2. The van der Waals surface area contributed by atoms with Gasteiger partial charge in [0.1, 0.15) is 0 Å². The highest BCUT2D eigenvalue weighted by Crippen LogP contribution is 2.06. The second-order valence-corrected chi connectivity index (χ2v) is 4.35. The third-order valence-electron chi connectivity index (χ3n) is 2.80. The maximum Gasteiger partial charge on any atom is 0.253 e. The van der Waals surface area contributed by atoms with Crippen LogP contribution in [0, 0.1) is 6.92 Å². The Labute approximate surface area is 112 Å². The van der Waals surface area contributed by atoms with E-state index in [1.165, 1.54) is 0 Å². The van der Waals surface area contributed by atoms with Crippen molar-refractivity contribution in [3.05, 3.63) is 65.0 Å². The van der Waals surface area contributed by atoms with E-state index in [1.807, 2.05) is 31.2 Å². The first-order valence-corrected chi connectivity index (χ1v) is 6.08. The van der Waals surface area contributed by atoms with Crippen molar-refractivity contribution in [1.82, 2.24) is 10.3 Å². The van der Waals surface area contributed by atoms with Crippen molar-refractivity contribution in [3.8, 4) is 0 Å². The number of rotatable bonds is 4. The van der Waals surface area contributed by atoms with E-state index in [4.69, 9.17) is 5.11 Å². The molecule has 1 aromatic heterocycles. The summed E-state index contributed by atoms with van der Waals surface area (Å²) in [6.45, 7) is 2.31. The topological polar surface area (TPSA) is 62.2 Å². The molecule has 0 aliphatic carbocycles. The third kappa shape index (κ3) is 3.63. The van der Waals surface area contributed by atoms with Crippen molar-refractivity contribution >= 4 is 5.91 Å². The minimum absolute atomic E-state index is 0.00364. The fraction of sp³-hybridized carbons (Fsp3) is 0.200. The number of carbonyl (C=O) groups excluding carboxylic acids is 1. The predicted octanol–water partition coefficient (Wildman–Crippen LogP) is 1.81. The summed E-state index contributed by atoms with van der Waals surface area (Å²) in [5, 5.41) is 11.9. The molecule has 19 heavy (non-hydrogen) atoms. The second-order valence-electron chi connectivity index (χ2n) is 4.35. The molecule has 98 valence electrons. The SMILES string of the molecule is Cc1ccc(C(=O)NCc2cccc(CO)c2)cn1. The zero-order chi connectivity index (χ0) is 13.7. The lowest BCUT2D eigenvalue weighted by Crippen LogP contribution is -2.23. The van der Waals surface area contributed by atoms with Gasteiger partial charge < -0.3 is 10.4 Å². The lowest BCUT2D eigenvalue weighted by molar-refractivity contribution is 0.0950. The first-order valence-electron chi connectivity index (χ1n) is 6.08. The third-order valence-corrected chi connectivity index (χ3v) is 2.80. The Bertz CT molecular complexity index is 565. The van der Waals surface area contributed by atoms with E-state index < -0.39 is 0 Å². The van der Waals surface area contributed by atoms with Gasteiger partial charge in [-0.05, 0) is 30.2 Å². The summed E-state index contributed by atoms with van der Waals surface area (Å²) in [6.07, 6.45) is 1.56. The van der Waals surface area contributed by atoms with Crippen molar-refractivity contribution in [1.29, 1.82) is 0 Å². The highest BCUT2D eigenvalue weighted by molar-refractivity contribution is 5.93. The first-order chi connectivity index (χ1) is 9.19. The van der Waals surface area contributed by atoms with Crippen LogP contribution in [0.25, 0.3) is 0 Å². The summed E-state index contributed by atoms with van der Waals surface area (Å²) in [5.41, 5.74) is 3.22. The van der Waals surface area contributed by atoms with E-state index in [0.717, 1.165) is 16.8 Å². The first kappa shape index (κ1) is 13.2. The predicted molar refractivity (Wildman–Crippen MR) is 72.5 cm³/mol. The Morgan fingerprint density at radius 1 is 1.26 bits per heavy atom. The summed E-state index contributed by atoms with van der Waals surface area (Å²) < 4.78 is 0. The van der Waals surface area contributed by atoms with Crippen LogP contribution < -0.4 is 5.32 Å². The fourth-order valence-corrected chi connectivity index (χ4v) is 1.72. The number of aromatic nitrogens is 1. The molecule has 0 saturated heterocycles. The summed E-state index contributed by atoms with van der Waals surface area (Å²) in [5.74, 6) is -0.151. The molecule has 2 N–H and O–H groups in total. The molecule has 4 heteroatoms. The van der Waals surface area contributed by atoms with Crippen molar-refractivity contribution in [2.75, 3.05) is 0 Å². The average molecular weight is 256 g/mol. The Hall–Kier alpha value is -2.20. The van der Waals surface area contributed by atoms with Gasteiger partial charge in [-0.1, -0.05) is 24.3 Å². The standard InChI is InChI=1S/C15H16N2O2/c1-11-5-6-14(9-16-11)15(19)17-8-12-3-2-4-13(7-12)10-18/h2-7,9,18H,8,10H2,1H3,(H,17,19). The molecule has 0 aliphatic rings. The molecule has 1 heterocycles. The number of nitrogens with one attached hydrogen (secondary N) is 1. The number of amides is 1. The minimum Gasteiger partial charge on any atom is -0.392 e. The number of nitrogens with zero attached hydrogens (tertiary/aromatic N) is 1. The maximum absolute atomic E-state index is 11.9. The average Bonchev–Trinajstić information content (AvgIpc) is 2.46. The van der Waals surface area contributed by atoms with E-state index in [9.17, 15) is 4.79 Å². The Kier molecular flexibility index (Phi) is 4.26. The van der Waals surface area contributed by atoms with Gasteiger partial charge in [-0.15, -0.1) is 0 Å². The van der Waals surface area contributed by atoms with Crippen LogP contribution in [0.15, 0.2) is 42.6 Å². The summed E-state index contributed by atoms with van der Waals surface area (Å²) in [4.78, 5) is 16.0. The molecule has 0 fully saturated rings. The zero-order valence-electron chi connectivity index (χ0n) is 10.8. The maximum atomic E-state index is 11.9. The highest BCUT2D eigenvalue weighted by Gasteiger charge is 2.05. The second kappa shape index (κ2) is 6.11. The summed E-state index contributed by atoms with van der Waals surface area (Å²) in [7, 11) is 0. The van der Waals surface area contributed by atoms with Crippen LogP contribution in [0.2, 0.25) is 0 Å². The molecule has 2 aromatic rings. The number of aliphatic hydroxyl groups is 1. The number of aryl methyl sites for hydroxylation is 1. The van der Waals surface area contributed by atoms with Crippen LogP contribution >= 0.6 is 0 Å². The lowest BCUT2D eigenvalue weighted by Gasteiger charge is -2.06. The van der Waals surface area contributed by atoms with Crippen LogP contribution in [0.3, 0.4) is 0 Å². The zero-order valence-corrected chi connectivity index (χ0v) is 10.8. The number of carbonyl (C=O) groups is 1. The van der Waals surface area contributed by atoms with E-state index in [-0.39, 0.29) is 12.5 Å². The Balaban J connectivity index is 1.98. The molecular formula is C15H16N2O2. The van der Waals surface area contributed by atoms with Gasteiger partial charge in [-0.25, -0.2) is 0 Å². The van der Waals surface area contributed by atoms with Crippen molar-refractivity contribution in [2.24, 2.45) is 0 Å². The van der Waals surface area contributed by atoms with E-state index in [2.05, 4.69) is 10.3 Å². The number of hydrogen-bond donors (Lipinski definition) is 2. The molecule has 0 bridgehead atoms. The summed E-state index contributed by atoms with van der Waals surface area (Å²) >= 11 is 0. The molecule has 0 saturated carbocycles. The van der Waals surface area contributed by atoms with Crippen LogP contribution in [0.5, 0.6) is 0 Å². The van der Waals surface area contributed by atoms with Gasteiger partial charge in [0.2, 0.25) is 0 Å². The van der Waals surface area contributed by atoms with Gasteiger partial charge in [-0.2, -0.15) is 0 Å². The molecule has 0 spiro atoms. The summed E-state index contributed by atoms with van der Waals surface area (Å²) in [6, 6.07) is 11.0. The highest BCUT2D eigenvalue weighted by atomic mass is 16.3. The van der Waals surface area contributed by atoms with Gasteiger partial charge in [-0.3, -0.25) is 9.78 Å². The smallest absolute Gasteiger partial charge is 0.253 e. The van der Waals surface area contributed by atoms with Gasteiger partial charge in [0.25, 0.3) is 5.91 Å². The Morgan fingerprint density at radius 3 is 2.74 bits per heavy atom. The van der Waals surface area contributed by atoms with Crippen LogP contribution in [-0.2, 0) is 13.2 Å². The minimum atomic E-state index is -0.151. The van der Waals surface area contributed by atoms with Crippen LogP contribution in [0.4, 0.5) is 0 Å². The monoisotopic (exact) mass is 256 g/mol. The van der Waals surface area contributed by atoms with Gasteiger partial charge in [0, 0.05) is 18.4 Å². The van der Waals surface area contributed by atoms with E-state index in [1.54, 1.807) is 18.3 Å². The number of pyridine rings is 1. The quantitative estimate of drug-likeness (QED) is 0.877. The molecule has 2 rings (SSSR count). The van der Waals surface area contributed by atoms with Crippen molar-refractivity contribution in [3.63, 3.8) is 0 Å². The fourth-order valence-electron chi connectivity index (χ4n) is 1.72. The largest absolute Gasteiger partial charge is 0.392 e. The molecule has 0 atom stereocenters. The Morgan fingerprint density at radius 2 is 2.05 bits per heavy atom. The molecule has 1 amide bonds. The number of aliphatic hydroxyl groups excluding tert-OH is 1. The molecule has 0 aliphatic heterocycles. The van der Waals surface area contributed by atoms with Crippen LogP contribution in [0.1, 0.15) is 27.2 Å². The van der Waals surface area contributed by atoms with Crippen LogP contribution in [-0.4, -0.2) is 16.0 Å². The molecular weight excluding hydrogens is 240 g/mol. The lowest BCUT2D eigenvalue weighted by atomic mass is 10.1. The van der Waals surface area contributed by atoms with E-state index in [0.29, 0.717) is 12.1 Å². The van der Waals surface area contributed by atoms with E-state index >= 15 is 0 Å². The molecule has 0 radical (unpaired) electrons. The van der Waals surface area contributed by atoms with Crippen molar-refractivity contribution in [2.45, 2.75) is 20.1 Å². The van der Waals surface area contributed by atoms with Gasteiger partial charge in [0.05, 0.1) is 12.2 Å². The van der Waals surface area contributed by atoms with Gasteiger partial charge in [0.15, 0.2) is 0 Å². The molecule has 0 unspecified atom stereocenters. The molecule has 4 nitrogen and oxygen atoms in total. The van der Waals surface area contributed by atoms with Crippen molar-refractivity contribution < 1.29 is 9.90 Å². The molecule has 1 aromatic carbocycles.